The molecule has 3 aromatic carbocycles. The third-order valence-corrected chi connectivity index (χ3v) is 9.87. The smallest absolute Gasteiger partial charge is 0.0220 e. The Morgan fingerprint density at radius 3 is 1.78 bits per heavy atom. The quantitative estimate of drug-likeness (QED) is 0.387. The zero-order chi connectivity index (χ0) is 18.3. The Morgan fingerprint density at radius 1 is 0.593 bits per heavy atom. The summed E-state index contributed by atoms with van der Waals surface area (Å²) in [4.78, 5) is 0. The Bertz CT molecular complexity index is 972. The van der Waals surface area contributed by atoms with Crippen molar-refractivity contribution in [3.8, 4) is 0 Å². The number of benzene rings is 3. The lowest BCUT2D eigenvalue weighted by atomic mass is 9.87. The molecule has 1 aliphatic heterocycles. The predicted octanol–water partition coefficient (Wildman–Crippen LogP) is 8.28. The van der Waals surface area contributed by atoms with Crippen molar-refractivity contribution >= 4 is 39.8 Å². The van der Waals surface area contributed by atoms with Crippen LogP contribution in [0.2, 0.25) is 0 Å². The molecule has 0 bridgehead atoms. The van der Waals surface area contributed by atoms with Crippen molar-refractivity contribution in [1.82, 2.24) is 0 Å². The van der Waals surface area contributed by atoms with Crippen LogP contribution in [0.5, 0.6) is 0 Å². The second kappa shape index (κ2) is 9.39. The lowest BCUT2D eigenvalue weighted by Gasteiger charge is -2.19. The number of hydrogen-bond donors (Lipinski definition) is 0. The SMILES string of the molecule is c1ccc(C2=PP=PCCCC(c3ccccc3)=C2c2ccccc2)cc1. The van der Waals surface area contributed by atoms with Crippen LogP contribution in [-0.4, -0.2) is 11.5 Å². The zero-order valence-electron chi connectivity index (χ0n) is 15.1. The first-order chi connectivity index (χ1) is 13.4. The van der Waals surface area contributed by atoms with Crippen LogP contribution in [0.1, 0.15) is 29.5 Å². The fourth-order valence-corrected chi connectivity index (χ4v) is 8.55. The molecule has 0 saturated heterocycles. The van der Waals surface area contributed by atoms with Gasteiger partial charge in [-0.2, -0.15) is 0 Å². The zero-order valence-corrected chi connectivity index (χ0v) is 17.8. The van der Waals surface area contributed by atoms with Gasteiger partial charge in [-0.25, -0.2) is 0 Å². The van der Waals surface area contributed by atoms with Gasteiger partial charge in [0.15, 0.2) is 0 Å². The standard InChI is InChI=1S/C24H21P3/c1-4-11-19(12-5-1)22-17-10-18-25-27-26-24(21-15-8-3-9-16-21)23(22)20-13-6-2-7-14-20/h1-9,11-16H,10,17-18H2. The summed E-state index contributed by atoms with van der Waals surface area (Å²) in [6, 6.07) is 32.9. The molecule has 0 radical (unpaired) electrons. The molecule has 3 aromatic rings. The van der Waals surface area contributed by atoms with Crippen LogP contribution in [0.25, 0.3) is 11.1 Å². The highest BCUT2D eigenvalue weighted by molar-refractivity contribution is 8.24. The van der Waals surface area contributed by atoms with Gasteiger partial charge in [0.05, 0.1) is 0 Å². The molecular formula is C24H21P3. The summed E-state index contributed by atoms with van der Waals surface area (Å²) in [6.45, 7) is 0. The molecule has 0 fully saturated rings. The van der Waals surface area contributed by atoms with E-state index in [-0.39, 0.29) is 0 Å². The van der Waals surface area contributed by atoms with Crippen molar-refractivity contribution in [3.05, 3.63) is 108 Å². The minimum absolute atomic E-state index is 1.13. The van der Waals surface area contributed by atoms with E-state index < -0.39 is 0 Å². The van der Waals surface area contributed by atoms with Gasteiger partial charge in [-0.1, -0.05) is 98.9 Å². The first-order valence-corrected chi connectivity index (χ1v) is 13.6. The van der Waals surface area contributed by atoms with E-state index in [1.54, 1.807) is 0 Å². The van der Waals surface area contributed by atoms with Crippen LogP contribution in [0.4, 0.5) is 0 Å². The Labute approximate surface area is 166 Å². The average molecular weight is 402 g/mol. The van der Waals surface area contributed by atoms with Crippen LogP contribution in [-0.2, 0) is 0 Å². The van der Waals surface area contributed by atoms with Crippen LogP contribution < -0.4 is 0 Å². The second-order valence-corrected chi connectivity index (χ2v) is 11.6. The van der Waals surface area contributed by atoms with Gasteiger partial charge in [0.25, 0.3) is 0 Å². The third kappa shape index (κ3) is 4.54. The summed E-state index contributed by atoms with van der Waals surface area (Å²) in [6.07, 6.45) is 3.64. The molecule has 0 aliphatic carbocycles. The lowest BCUT2D eigenvalue weighted by Crippen LogP contribution is -2.05. The number of rotatable bonds is 3. The van der Waals surface area contributed by atoms with Gasteiger partial charge in [0, 0.05) is 5.29 Å². The normalized spacial score (nSPS) is 16.7. The molecule has 0 unspecified atom stereocenters. The van der Waals surface area contributed by atoms with Crippen molar-refractivity contribution in [3.63, 3.8) is 0 Å². The van der Waals surface area contributed by atoms with E-state index in [1.165, 1.54) is 69.0 Å². The maximum Gasteiger partial charge on any atom is 0.0220 e. The minimum Gasteiger partial charge on any atom is -0.0664 e. The molecule has 0 atom stereocenters. The van der Waals surface area contributed by atoms with E-state index in [4.69, 9.17) is 0 Å². The molecule has 132 valence electrons. The summed E-state index contributed by atoms with van der Waals surface area (Å²) in [7, 11) is 4.41. The van der Waals surface area contributed by atoms with Gasteiger partial charge >= 0.3 is 0 Å². The van der Waals surface area contributed by atoms with Crippen LogP contribution in [0, 0.1) is 0 Å². The second-order valence-electron chi connectivity index (χ2n) is 6.46. The molecule has 0 nitrogen and oxygen atoms in total. The Kier molecular flexibility index (Phi) is 6.45. The maximum absolute atomic E-state index is 2.27. The molecular weight excluding hydrogens is 381 g/mol. The highest BCUT2D eigenvalue weighted by Crippen LogP contribution is 2.42. The first-order valence-electron chi connectivity index (χ1n) is 9.28. The van der Waals surface area contributed by atoms with Crippen molar-refractivity contribution in [2.75, 3.05) is 6.16 Å². The molecule has 0 saturated carbocycles. The molecule has 1 aliphatic rings. The number of hydrogen-bond acceptors (Lipinski definition) is 0. The monoisotopic (exact) mass is 402 g/mol. The predicted molar refractivity (Wildman–Crippen MR) is 125 cm³/mol. The fraction of sp³-hybridized carbons (Fsp3) is 0.125. The molecule has 1 heterocycles. The van der Waals surface area contributed by atoms with Gasteiger partial charge in [-0.05, 0) is 62.3 Å². The van der Waals surface area contributed by atoms with Crippen LogP contribution in [0.15, 0.2) is 91.0 Å². The average Bonchev–Trinajstić information content (AvgIpc) is 2.86. The third-order valence-electron chi connectivity index (χ3n) is 4.66. The van der Waals surface area contributed by atoms with Gasteiger partial charge in [0.1, 0.15) is 0 Å². The summed E-state index contributed by atoms with van der Waals surface area (Å²) in [5.41, 5.74) is 6.95. The topological polar surface area (TPSA) is 0 Å². The van der Waals surface area contributed by atoms with Crippen LogP contribution in [0.3, 0.4) is 0 Å². The summed E-state index contributed by atoms with van der Waals surface area (Å²) >= 11 is 0. The van der Waals surface area contributed by atoms with E-state index in [9.17, 15) is 0 Å². The van der Waals surface area contributed by atoms with E-state index in [0.29, 0.717) is 0 Å². The largest absolute Gasteiger partial charge is 0.0664 e. The fourth-order valence-electron chi connectivity index (χ4n) is 3.41. The van der Waals surface area contributed by atoms with Crippen molar-refractivity contribution in [2.24, 2.45) is 0 Å². The van der Waals surface area contributed by atoms with Crippen molar-refractivity contribution in [1.29, 1.82) is 0 Å². The summed E-state index contributed by atoms with van der Waals surface area (Å²) < 4.78 is 0. The van der Waals surface area contributed by atoms with Gasteiger partial charge in [-0.15, -0.1) is 0 Å². The highest BCUT2D eigenvalue weighted by Gasteiger charge is 2.18. The molecule has 0 aromatic heterocycles. The van der Waals surface area contributed by atoms with Crippen LogP contribution >= 0.6 is 23.3 Å². The van der Waals surface area contributed by atoms with Crippen molar-refractivity contribution in [2.45, 2.75) is 12.8 Å². The molecule has 3 heteroatoms. The summed E-state index contributed by atoms with van der Waals surface area (Å²) in [5.74, 6) is 0. The minimum atomic E-state index is 1.13. The Balaban J connectivity index is 2.02. The Morgan fingerprint density at radius 2 is 1.15 bits per heavy atom. The first kappa shape index (κ1) is 18.5. The van der Waals surface area contributed by atoms with Gasteiger partial charge in [-0.3, -0.25) is 0 Å². The van der Waals surface area contributed by atoms with Gasteiger partial charge in [0.2, 0.25) is 0 Å². The van der Waals surface area contributed by atoms with E-state index in [0.717, 1.165) is 6.42 Å². The van der Waals surface area contributed by atoms with E-state index in [1.807, 2.05) is 0 Å². The van der Waals surface area contributed by atoms with Gasteiger partial charge < -0.3 is 0 Å². The number of allylic oxidation sites excluding steroid dienone is 2. The lowest BCUT2D eigenvalue weighted by molar-refractivity contribution is 0.989. The molecule has 0 spiro atoms. The molecule has 0 N–H and O–H groups in total. The van der Waals surface area contributed by atoms with Crippen molar-refractivity contribution < 1.29 is 0 Å². The molecule has 4 rings (SSSR count). The highest BCUT2D eigenvalue weighted by atomic mass is 32.2. The molecule has 0 amide bonds. The maximum atomic E-state index is 2.27. The van der Waals surface area contributed by atoms with E-state index >= 15 is 0 Å². The Hall–Kier alpha value is -1.83. The summed E-state index contributed by atoms with van der Waals surface area (Å²) in [5, 5.41) is 1.46. The molecule has 27 heavy (non-hydrogen) atoms. The van der Waals surface area contributed by atoms with E-state index in [2.05, 4.69) is 91.0 Å².